The molecule has 1 atom stereocenters. The predicted octanol–water partition coefficient (Wildman–Crippen LogP) is 2.57. The molecule has 0 radical (unpaired) electrons. The molecule has 0 saturated heterocycles. The van der Waals surface area contributed by atoms with Crippen molar-refractivity contribution in [1.29, 1.82) is 0 Å². The van der Waals surface area contributed by atoms with Crippen molar-refractivity contribution in [2.45, 2.75) is 39.2 Å². The molecule has 1 aromatic carbocycles. The standard InChI is InChI=1S/C14H21NO3/c1-3-9-18-13-6-4-5-12(10-13)15-14(17)8-7-11(2)16/h4-6,10-11,16H,3,7-9H2,1-2H3,(H,15,17). The van der Waals surface area contributed by atoms with Gasteiger partial charge in [0.2, 0.25) is 5.91 Å². The van der Waals surface area contributed by atoms with Crippen LogP contribution >= 0.6 is 0 Å². The molecule has 1 aromatic rings. The van der Waals surface area contributed by atoms with Gasteiger partial charge in [0, 0.05) is 18.2 Å². The van der Waals surface area contributed by atoms with Crippen LogP contribution in [0.5, 0.6) is 5.75 Å². The molecule has 0 aliphatic rings. The number of rotatable bonds is 7. The molecule has 0 aliphatic heterocycles. The molecule has 1 unspecified atom stereocenters. The molecule has 18 heavy (non-hydrogen) atoms. The highest BCUT2D eigenvalue weighted by Crippen LogP contribution is 2.17. The molecule has 0 aliphatic carbocycles. The minimum Gasteiger partial charge on any atom is -0.494 e. The van der Waals surface area contributed by atoms with E-state index < -0.39 is 6.10 Å². The fourth-order valence-electron chi connectivity index (χ4n) is 1.45. The van der Waals surface area contributed by atoms with E-state index in [1.165, 1.54) is 0 Å². The lowest BCUT2D eigenvalue weighted by Gasteiger charge is -2.09. The summed E-state index contributed by atoms with van der Waals surface area (Å²) in [6.07, 6.45) is 1.29. The summed E-state index contributed by atoms with van der Waals surface area (Å²) < 4.78 is 5.48. The Morgan fingerprint density at radius 3 is 2.94 bits per heavy atom. The summed E-state index contributed by atoms with van der Waals surface area (Å²) in [4.78, 5) is 11.6. The smallest absolute Gasteiger partial charge is 0.224 e. The number of aliphatic hydroxyl groups excluding tert-OH is 1. The van der Waals surface area contributed by atoms with E-state index in [1.54, 1.807) is 13.0 Å². The van der Waals surface area contributed by atoms with Crippen LogP contribution in [0.25, 0.3) is 0 Å². The lowest BCUT2D eigenvalue weighted by molar-refractivity contribution is -0.116. The van der Waals surface area contributed by atoms with Crippen molar-refractivity contribution in [3.63, 3.8) is 0 Å². The van der Waals surface area contributed by atoms with E-state index in [9.17, 15) is 4.79 Å². The van der Waals surface area contributed by atoms with Gasteiger partial charge in [0.05, 0.1) is 12.7 Å². The molecular weight excluding hydrogens is 230 g/mol. The highest BCUT2D eigenvalue weighted by molar-refractivity contribution is 5.90. The first kappa shape index (κ1) is 14.5. The molecular formula is C14H21NO3. The van der Waals surface area contributed by atoms with Crippen LogP contribution in [-0.2, 0) is 4.79 Å². The van der Waals surface area contributed by atoms with Gasteiger partial charge in [-0.1, -0.05) is 13.0 Å². The van der Waals surface area contributed by atoms with E-state index >= 15 is 0 Å². The number of hydrogen-bond donors (Lipinski definition) is 2. The van der Waals surface area contributed by atoms with Gasteiger partial charge in [0.1, 0.15) is 5.75 Å². The average Bonchev–Trinajstić information content (AvgIpc) is 2.34. The molecule has 0 saturated carbocycles. The quantitative estimate of drug-likeness (QED) is 0.783. The Hall–Kier alpha value is -1.55. The summed E-state index contributed by atoms with van der Waals surface area (Å²) in [5.74, 6) is 0.661. The Labute approximate surface area is 108 Å². The highest BCUT2D eigenvalue weighted by Gasteiger charge is 2.05. The van der Waals surface area contributed by atoms with Gasteiger partial charge < -0.3 is 15.2 Å². The Bertz CT molecular complexity index is 377. The molecule has 1 amide bonds. The van der Waals surface area contributed by atoms with E-state index in [0.29, 0.717) is 19.4 Å². The molecule has 0 heterocycles. The Kier molecular flexibility index (Phi) is 6.22. The van der Waals surface area contributed by atoms with Gasteiger partial charge in [-0.15, -0.1) is 0 Å². The topological polar surface area (TPSA) is 58.6 Å². The number of benzene rings is 1. The monoisotopic (exact) mass is 251 g/mol. The molecule has 100 valence electrons. The zero-order valence-electron chi connectivity index (χ0n) is 11.0. The van der Waals surface area contributed by atoms with Crippen LogP contribution < -0.4 is 10.1 Å². The van der Waals surface area contributed by atoms with E-state index in [0.717, 1.165) is 17.9 Å². The van der Waals surface area contributed by atoms with Crippen molar-refractivity contribution in [2.24, 2.45) is 0 Å². The van der Waals surface area contributed by atoms with Crippen LogP contribution in [0, 0.1) is 0 Å². The molecule has 0 spiro atoms. The SMILES string of the molecule is CCCOc1cccc(NC(=O)CCC(C)O)c1. The highest BCUT2D eigenvalue weighted by atomic mass is 16.5. The predicted molar refractivity (Wildman–Crippen MR) is 71.8 cm³/mol. The van der Waals surface area contributed by atoms with Gasteiger partial charge in [-0.05, 0) is 31.9 Å². The Morgan fingerprint density at radius 1 is 1.50 bits per heavy atom. The minimum absolute atomic E-state index is 0.0939. The summed E-state index contributed by atoms with van der Waals surface area (Å²) in [5, 5.41) is 11.9. The summed E-state index contributed by atoms with van der Waals surface area (Å²) >= 11 is 0. The van der Waals surface area contributed by atoms with Crippen LogP contribution in [0.3, 0.4) is 0 Å². The molecule has 0 fully saturated rings. The number of amides is 1. The van der Waals surface area contributed by atoms with Gasteiger partial charge >= 0.3 is 0 Å². The number of aliphatic hydroxyl groups is 1. The average molecular weight is 251 g/mol. The third-order valence-corrected chi connectivity index (χ3v) is 2.38. The fourth-order valence-corrected chi connectivity index (χ4v) is 1.45. The summed E-state index contributed by atoms with van der Waals surface area (Å²) in [7, 11) is 0. The first-order chi connectivity index (χ1) is 8.61. The van der Waals surface area contributed by atoms with Gasteiger partial charge in [0.25, 0.3) is 0 Å². The van der Waals surface area contributed by atoms with Gasteiger partial charge in [0.15, 0.2) is 0 Å². The Balaban J connectivity index is 2.48. The first-order valence-electron chi connectivity index (χ1n) is 6.32. The van der Waals surface area contributed by atoms with Crippen molar-refractivity contribution in [3.05, 3.63) is 24.3 Å². The zero-order chi connectivity index (χ0) is 13.4. The molecule has 0 aromatic heterocycles. The second-order valence-corrected chi connectivity index (χ2v) is 4.31. The third-order valence-electron chi connectivity index (χ3n) is 2.38. The summed E-state index contributed by atoms with van der Waals surface area (Å²) in [6, 6.07) is 7.32. The largest absolute Gasteiger partial charge is 0.494 e. The van der Waals surface area contributed by atoms with Crippen molar-refractivity contribution in [3.8, 4) is 5.75 Å². The maximum absolute atomic E-state index is 11.6. The lowest BCUT2D eigenvalue weighted by atomic mass is 10.2. The van der Waals surface area contributed by atoms with E-state index in [2.05, 4.69) is 5.32 Å². The van der Waals surface area contributed by atoms with Crippen molar-refractivity contribution in [2.75, 3.05) is 11.9 Å². The van der Waals surface area contributed by atoms with Crippen LogP contribution in [-0.4, -0.2) is 23.7 Å². The second-order valence-electron chi connectivity index (χ2n) is 4.31. The maximum atomic E-state index is 11.6. The molecule has 0 bridgehead atoms. The van der Waals surface area contributed by atoms with Crippen molar-refractivity contribution in [1.82, 2.24) is 0 Å². The molecule has 4 nitrogen and oxygen atoms in total. The van der Waals surface area contributed by atoms with Crippen molar-refractivity contribution < 1.29 is 14.6 Å². The number of hydrogen-bond acceptors (Lipinski definition) is 3. The molecule has 2 N–H and O–H groups in total. The zero-order valence-corrected chi connectivity index (χ0v) is 11.0. The number of ether oxygens (including phenoxy) is 1. The van der Waals surface area contributed by atoms with Crippen LogP contribution in [0.2, 0.25) is 0 Å². The normalized spacial score (nSPS) is 11.9. The first-order valence-corrected chi connectivity index (χ1v) is 6.32. The van der Waals surface area contributed by atoms with Crippen molar-refractivity contribution >= 4 is 11.6 Å². The van der Waals surface area contributed by atoms with E-state index in [-0.39, 0.29) is 5.91 Å². The number of carbonyl (C=O) groups is 1. The second kappa shape index (κ2) is 7.71. The maximum Gasteiger partial charge on any atom is 0.224 e. The van der Waals surface area contributed by atoms with E-state index in [4.69, 9.17) is 9.84 Å². The van der Waals surface area contributed by atoms with E-state index in [1.807, 2.05) is 25.1 Å². The van der Waals surface area contributed by atoms with Crippen LogP contribution in [0.15, 0.2) is 24.3 Å². The molecule has 4 heteroatoms. The summed E-state index contributed by atoms with van der Waals surface area (Å²) in [5.41, 5.74) is 0.721. The minimum atomic E-state index is -0.449. The Morgan fingerprint density at radius 2 is 2.28 bits per heavy atom. The number of carbonyl (C=O) groups excluding carboxylic acids is 1. The van der Waals surface area contributed by atoms with Gasteiger partial charge in [-0.2, -0.15) is 0 Å². The van der Waals surface area contributed by atoms with Crippen LogP contribution in [0.4, 0.5) is 5.69 Å². The third kappa shape index (κ3) is 5.68. The number of nitrogens with one attached hydrogen (secondary N) is 1. The fraction of sp³-hybridized carbons (Fsp3) is 0.500. The van der Waals surface area contributed by atoms with Gasteiger partial charge in [-0.25, -0.2) is 0 Å². The summed E-state index contributed by atoms with van der Waals surface area (Å²) in [6.45, 7) is 4.38. The lowest BCUT2D eigenvalue weighted by Crippen LogP contribution is -2.14. The van der Waals surface area contributed by atoms with Crippen LogP contribution in [0.1, 0.15) is 33.1 Å². The molecule has 1 rings (SSSR count). The van der Waals surface area contributed by atoms with Gasteiger partial charge in [-0.3, -0.25) is 4.79 Å². The number of anilines is 1.